The molecule has 2 aromatic rings. The smallest absolute Gasteiger partial charge is 0.240 e. The first-order chi connectivity index (χ1) is 13.3. The highest BCUT2D eigenvalue weighted by atomic mass is 32.2. The maximum Gasteiger partial charge on any atom is 0.240 e. The molecule has 0 spiro atoms. The Balaban J connectivity index is 1.91. The Morgan fingerprint density at radius 2 is 1.71 bits per heavy atom. The molecule has 0 bridgehead atoms. The highest BCUT2D eigenvalue weighted by Crippen LogP contribution is 2.23. The maximum atomic E-state index is 12.3. The number of rotatable bonds is 10. The van der Waals surface area contributed by atoms with Gasteiger partial charge in [-0.2, -0.15) is 0 Å². The van der Waals surface area contributed by atoms with Gasteiger partial charge in [-0.3, -0.25) is 9.10 Å². The molecule has 28 heavy (non-hydrogen) atoms. The molecule has 0 aliphatic carbocycles. The number of ether oxygens (including phenoxy) is 2. The van der Waals surface area contributed by atoms with E-state index in [1.54, 1.807) is 43.5 Å². The SMILES string of the molecule is CCc1ccccc1N(CC(=O)NCCOc1ccc(OC)cc1)S(C)(=O)=O. The number of nitrogens with zero attached hydrogens (tertiary/aromatic N) is 1. The van der Waals surface area contributed by atoms with E-state index in [1.807, 2.05) is 19.1 Å². The number of hydrogen-bond donors (Lipinski definition) is 1. The largest absolute Gasteiger partial charge is 0.497 e. The van der Waals surface area contributed by atoms with Crippen LogP contribution in [0.3, 0.4) is 0 Å². The molecule has 7 nitrogen and oxygen atoms in total. The molecular formula is C20H26N2O5S. The Hall–Kier alpha value is -2.74. The minimum Gasteiger partial charge on any atom is -0.497 e. The van der Waals surface area contributed by atoms with E-state index in [1.165, 1.54) is 0 Å². The molecule has 0 radical (unpaired) electrons. The van der Waals surface area contributed by atoms with Crippen LogP contribution in [-0.4, -0.2) is 47.4 Å². The molecule has 0 saturated heterocycles. The van der Waals surface area contributed by atoms with E-state index in [4.69, 9.17) is 9.47 Å². The first-order valence-electron chi connectivity index (χ1n) is 8.94. The molecule has 0 unspecified atom stereocenters. The van der Waals surface area contributed by atoms with Crippen molar-refractivity contribution in [2.24, 2.45) is 0 Å². The van der Waals surface area contributed by atoms with E-state index in [9.17, 15) is 13.2 Å². The molecule has 0 atom stereocenters. The van der Waals surface area contributed by atoms with Crippen molar-refractivity contribution >= 4 is 21.6 Å². The summed E-state index contributed by atoms with van der Waals surface area (Å²) in [6, 6.07) is 14.3. The zero-order chi connectivity index (χ0) is 20.6. The summed E-state index contributed by atoms with van der Waals surface area (Å²) < 4.78 is 36.2. The average molecular weight is 407 g/mol. The molecule has 2 aromatic carbocycles. The van der Waals surface area contributed by atoms with Crippen molar-refractivity contribution in [3.63, 3.8) is 0 Å². The van der Waals surface area contributed by atoms with Gasteiger partial charge in [0.25, 0.3) is 0 Å². The van der Waals surface area contributed by atoms with Crippen LogP contribution in [0.4, 0.5) is 5.69 Å². The van der Waals surface area contributed by atoms with E-state index >= 15 is 0 Å². The van der Waals surface area contributed by atoms with Gasteiger partial charge in [0, 0.05) is 0 Å². The van der Waals surface area contributed by atoms with E-state index in [0.717, 1.165) is 21.9 Å². The molecule has 0 heterocycles. The molecule has 0 fully saturated rings. The van der Waals surface area contributed by atoms with Gasteiger partial charge in [-0.25, -0.2) is 8.42 Å². The van der Waals surface area contributed by atoms with Gasteiger partial charge < -0.3 is 14.8 Å². The van der Waals surface area contributed by atoms with Crippen LogP contribution in [-0.2, 0) is 21.2 Å². The molecule has 0 saturated carbocycles. The van der Waals surface area contributed by atoms with Gasteiger partial charge in [0.1, 0.15) is 24.7 Å². The third kappa shape index (κ3) is 6.16. The number of hydrogen-bond acceptors (Lipinski definition) is 5. The van der Waals surface area contributed by atoms with Crippen molar-refractivity contribution in [3.05, 3.63) is 54.1 Å². The van der Waals surface area contributed by atoms with Crippen molar-refractivity contribution in [2.45, 2.75) is 13.3 Å². The lowest BCUT2D eigenvalue weighted by molar-refractivity contribution is -0.119. The van der Waals surface area contributed by atoms with Crippen LogP contribution in [0.25, 0.3) is 0 Å². The standard InChI is InChI=1S/C20H26N2O5S/c1-4-16-7-5-6-8-19(16)22(28(3,24)25)15-20(23)21-13-14-27-18-11-9-17(26-2)10-12-18/h5-12H,4,13-15H2,1-3H3,(H,21,23). The quantitative estimate of drug-likeness (QED) is 0.612. The Bertz CT molecular complexity index is 882. The Morgan fingerprint density at radius 3 is 2.32 bits per heavy atom. The van der Waals surface area contributed by atoms with Gasteiger partial charge in [-0.15, -0.1) is 0 Å². The number of aryl methyl sites for hydroxylation is 1. The average Bonchev–Trinajstić information content (AvgIpc) is 2.69. The third-order valence-electron chi connectivity index (χ3n) is 4.08. The summed E-state index contributed by atoms with van der Waals surface area (Å²) in [5.41, 5.74) is 1.39. The number of amides is 1. The maximum absolute atomic E-state index is 12.3. The van der Waals surface area contributed by atoms with Crippen molar-refractivity contribution < 1.29 is 22.7 Å². The molecule has 0 aliphatic heterocycles. The predicted octanol–water partition coefficient (Wildman–Crippen LogP) is 2.22. The van der Waals surface area contributed by atoms with Gasteiger partial charge in [0.2, 0.25) is 15.9 Å². The lowest BCUT2D eigenvalue weighted by Crippen LogP contribution is -2.41. The normalized spacial score (nSPS) is 11.0. The van der Waals surface area contributed by atoms with Crippen LogP contribution in [0.5, 0.6) is 11.5 Å². The van der Waals surface area contributed by atoms with E-state index < -0.39 is 15.9 Å². The predicted molar refractivity (Wildman–Crippen MR) is 110 cm³/mol. The fraction of sp³-hybridized carbons (Fsp3) is 0.350. The lowest BCUT2D eigenvalue weighted by Gasteiger charge is -2.24. The fourth-order valence-corrected chi connectivity index (χ4v) is 3.54. The molecular weight excluding hydrogens is 380 g/mol. The van der Waals surface area contributed by atoms with Gasteiger partial charge in [0.05, 0.1) is 25.6 Å². The number of carbonyl (C=O) groups is 1. The zero-order valence-electron chi connectivity index (χ0n) is 16.3. The minimum atomic E-state index is -3.60. The molecule has 0 aliphatic rings. The van der Waals surface area contributed by atoms with Gasteiger partial charge in [-0.05, 0) is 42.3 Å². The van der Waals surface area contributed by atoms with Crippen LogP contribution in [0.15, 0.2) is 48.5 Å². The van der Waals surface area contributed by atoms with Crippen molar-refractivity contribution in [1.82, 2.24) is 5.32 Å². The minimum absolute atomic E-state index is 0.262. The van der Waals surface area contributed by atoms with Crippen LogP contribution in [0, 0.1) is 0 Å². The Morgan fingerprint density at radius 1 is 1.07 bits per heavy atom. The first kappa shape index (κ1) is 21.6. The number of methoxy groups -OCH3 is 1. The van der Waals surface area contributed by atoms with Gasteiger partial charge >= 0.3 is 0 Å². The summed E-state index contributed by atoms with van der Waals surface area (Å²) in [6.07, 6.45) is 1.76. The van der Waals surface area contributed by atoms with Crippen LogP contribution in [0.2, 0.25) is 0 Å². The lowest BCUT2D eigenvalue weighted by atomic mass is 10.1. The Labute approximate surface area is 166 Å². The second-order valence-electron chi connectivity index (χ2n) is 6.13. The molecule has 1 N–H and O–H groups in total. The molecule has 8 heteroatoms. The summed E-state index contributed by atoms with van der Waals surface area (Å²) in [4.78, 5) is 12.3. The monoisotopic (exact) mass is 406 g/mol. The number of benzene rings is 2. The van der Waals surface area contributed by atoms with Crippen LogP contribution < -0.4 is 19.1 Å². The van der Waals surface area contributed by atoms with E-state index in [2.05, 4.69) is 5.32 Å². The number of carbonyl (C=O) groups excluding carboxylic acids is 1. The Kier molecular flexibility index (Phi) is 7.69. The van der Waals surface area contributed by atoms with Gasteiger partial charge in [-0.1, -0.05) is 25.1 Å². The second kappa shape index (κ2) is 9.98. The number of sulfonamides is 1. The zero-order valence-corrected chi connectivity index (χ0v) is 17.2. The third-order valence-corrected chi connectivity index (χ3v) is 5.21. The van der Waals surface area contributed by atoms with Crippen molar-refractivity contribution in [2.75, 3.05) is 37.4 Å². The van der Waals surface area contributed by atoms with E-state index in [-0.39, 0.29) is 19.7 Å². The highest BCUT2D eigenvalue weighted by molar-refractivity contribution is 7.92. The summed E-state index contributed by atoms with van der Waals surface area (Å²) in [6.45, 7) is 2.19. The highest BCUT2D eigenvalue weighted by Gasteiger charge is 2.22. The molecule has 152 valence electrons. The number of para-hydroxylation sites is 1. The van der Waals surface area contributed by atoms with Crippen LogP contribution in [0.1, 0.15) is 12.5 Å². The summed E-state index contributed by atoms with van der Waals surface area (Å²) in [7, 11) is -2.01. The topological polar surface area (TPSA) is 84.9 Å². The molecule has 2 rings (SSSR count). The first-order valence-corrected chi connectivity index (χ1v) is 10.8. The number of anilines is 1. The van der Waals surface area contributed by atoms with Gasteiger partial charge in [0.15, 0.2) is 0 Å². The van der Waals surface area contributed by atoms with Crippen molar-refractivity contribution in [1.29, 1.82) is 0 Å². The summed E-state index contributed by atoms with van der Waals surface area (Å²) in [5, 5.41) is 2.69. The molecule has 0 aromatic heterocycles. The molecule has 1 amide bonds. The summed E-state index contributed by atoms with van der Waals surface area (Å²) in [5.74, 6) is 0.994. The van der Waals surface area contributed by atoms with Crippen LogP contribution >= 0.6 is 0 Å². The number of nitrogens with one attached hydrogen (secondary N) is 1. The summed E-state index contributed by atoms with van der Waals surface area (Å²) >= 11 is 0. The van der Waals surface area contributed by atoms with E-state index in [0.29, 0.717) is 17.9 Å². The fourth-order valence-electron chi connectivity index (χ4n) is 2.65. The second-order valence-corrected chi connectivity index (χ2v) is 8.03. The van der Waals surface area contributed by atoms with Crippen molar-refractivity contribution in [3.8, 4) is 11.5 Å².